The molecular formula is C16H14N4O4. The monoisotopic (exact) mass is 326 g/mol. The molecule has 1 aliphatic rings. The lowest BCUT2D eigenvalue weighted by Crippen LogP contribution is -2.08. The van der Waals surface area contributed by atoms with E-state index >= 15 is 0 Å². The molecule has 0 fully saturated rings. The topological polar surface area (TPSA) is 87.8 Å². The Kier molecular flexibility index (Phi) is 3.30. The van der Waals surface area contributed by atoms with Crippen LogP contribution in [-0.2, 0) is 11.3 Å². The lowest BCUT2D eigenvalue weighted by Gasteiger charge is -2.03. The van der Waals surface area contributed by atoms with Gasteiger partial charge in [0.25, 0.3) is 11.6 Å². The Morgan fingerprint density at radius 2 is 2.04 bits per heavy atom. The smallest absolute Gasteiger partial charge is 0.378 e. The molecule has 4 rings (SSSR count). The van der Waals surface area contributed by atoms with Gasteiger partial charge in [0.2, 0.25) is 6.79 Å². The highest BCUT2D eigenvalue weighted by Gasteiger charge is 2.18. The number of carbonyl (C=O) groups excluding carboxylic acids is 1. The first-order valence-electron chi connectivity index (χ1n) is 7.37. The lowest BCUT2D eigenvalue weighted by molar-refractivity contribution is 0.0458. The van der Waals surface area contributed by atoms with E-state index in [9.17, 15) is 4.79 Å². The molecule has 1 aromatic carbocycles. The molecule has 1 aliphatic heterocycles. The molecule has 0 atom stereocenters. The molecule has 3 heterocycles. The van der Waals surface area contributed by atoms with Crippen LogP contribution >= 0.6 is 0 Å². The van der Waals surface area contributed by atoms with Gasteiger partial charge in [-0.1, -0.05) is 6.07 Å². The van der Waals surface area contributed by atoms with Crippen LogP contribution in [0.5, 0.6) is 11.5 Å². The first-order chi connectivity index (χ1) is 11.6. The van der Waals surface area contributed by atoms with Gasteiger partial charge in [-0.25, -0.2) is 14.3 Å². The van der Waals surface area contributed by atoms with Crippen molar-refractivity contribution in [1.82, 2.24) is 19.6 Å². The number of fused-ring (bicyclic) bond motifs is 2. The third kappa shape index (κ3) is 2.51. The molecule has 122 valence electrons. The van der Waals surface area contributed by atoms with E-state index in [0.717, 1.165) is 17.0 Å². The van der Waals surface area contributed by atoms with Gasteiger partial charge in [0, 0.05) is 11.4 Å². The van der Waals surface area contributed by atoms with Crippen LogP contribution in [-0.4, -0.2) is 32.3 Å². The van der Waals surface area contributed by atoms with Gasteiger partial charge in [-0.05, 0) is 37.6 Å². The molecule has 0 radical (unpaired) electrons. The first kappa shape index (κ1) is 14.4. The lowest BCUT2D eigenvalue weighted by atomic mass is 10.2. The van der Waals surface area contributed by atoms with Crippen LogP contribution in [0.1, 0.15) is 27.6 Å². The average Bonchev–Trinajstić information content (AvgIpc) is 3.18. The fourth-order valence-electron chi connectivity index (χ4n) is 2.50. The van der Waals surface area contributed by atoms with E-state index in [2.05, 4.69) is 15.1 Å². The highest BCUT2D eigenvalue weighted by atomic mass is 16.7. The fourth-order valence-corrected chi connectivity index (χ4v) is 2.50. The van der Waals surface area contributed by atoms with Gasteiger partial charge < -0.3 is 14.2 Å². The number of rotatable bonds is 3. The van der Waals surface area contributed by atoms with Gasteiger partial charge in [0.15, 0.2) is 11.5 Å². The van der Waals surface area contributed by atoms with E-state index in [1.807, 2.05) is 26.0 Å². The predicted octanol–water partition coefficient (Wildman–Crippen LogP) is 1.83. The zero-order valence-electron chi connectivity index (χ0n) is 13.1. The molecule has 0 aliphatic carbocycles. The molecule has 2 aromatic heterocycles. The van der Waals surface area contributed by atoms with Crippen molar-refractivity contribution >= 4 is 11.7 Å². The number of benzene rings is 1. The van der Waals surface area contributed by atoms with Crippen LogP contribution in [0, 0.1) is 13.8 Å². The number of aromatic nitrogens is 4. The Morgan fingerprint density at radius 1 is 1.21 bits per heavy atom. The van der Waals surface area contributed by atoms with Gasteiger partial charge in [0.05, 0.1) is 0 Å². The highest BCUT2D eigenvalue weighted by molar-refractivity contribution is 5.85. The van der Waals surface area contributed by atoms with Crippen LogP contribution in [0.15, 0.2) is 24.3 Å². The summed E-state index contributed by atoms with van der Waals surface area (Å²) in [7, 11) is 0. The minimum Gasteiger partial charge on any atom is -0.455 e. The fraction of sp³-hybridized carbons (Fsp3) is 0.250. The van der Waals surface area contributed by atoms with Crippen LogP contribution in [0.25, 0.3) is 5.78 Å². The number of aryl methyl sites for hydroxylation is 2. The predicted molar refractivity (Wildman–Crippen MR) is 81.9 cm³/mol. The summed E-state index contributed by atoms with van der Waals surface area (Å²) in [6.07, 6.45) is 0. The Bertz CT molecular complexity index is 951. The maximum Gasteiger partial charge on any atom is 0.378 e. The normalized spacial score (nSPS) is 12.6. The molecule has 0 bridgehead atoms. The highest BCUT2D eigenvalue weighted by Crippen LogP contribution is 2.32. The second-order valence-corrected chi connectivity index (χ2v) is 5.45. The third-order valence-corrected chi connectivity index (χ3v) is 3.61. The largest absolute Gasteiger partial charge is 0.455 e. The maximum atomic E-state index is 12.2. The van der Waals surface area contributed by atoms with Crippen LogP contribution < -0.4 is 9.47 Å². The number of hydrogen-bond donors (Lipinski definition) is 0. The Morgan fingerprint density at radius 3 is 2.92 bits per heavy atom. The molecule has 0 saturated carbocycles. The Balaban J connectivity index is 1.51. The zero-order valence-corrected chi connectivity index (χ0v) is 13.1. The second-order valence-electron chi connectivity index (χ2n) is 5.45. The molecule has 3 aromatic rings. The van der Waals surface area contributed by atoms with Crippen molar-refractivity contribution in [3.05, 3.63) is 47.0 Å². The summed E-state index contributed by atoms with van der Waals surface area (Å²) in [6.45, 7) is 4.03. The molecule has 0 saturated heterocycles. The van der Waals surface area contributed by atoms with Crippen LogP contribution in [0.4, 0.5) is 0 Å². The zero-order chi connectivity index (χ0) is 16.7. The van der Waals surface area contributed by atoms with Crippen molar-refractivity contribution in [1.29, 1.82) is 0 Å². The Hall–Kier alpha value is -3.16. The number of hydrogen-bond acceptors (Lipinski definition) is 7. The molecular weight excluding hydrogens is 312 g/mol. The van der Waals surface area contributed by atoms with Gasteiger partial charge in [-0.2, -0.15) is 4.98 Å². The minimum atomic E-state index is -0.602. The van der Waals surface area contributed by atoms with E-state index < -0.39 is 5.97 Å². The summed E-state index contributed by atoms with van der Waals surface area (Å²) >= 11 is 0. The van der Waals surface area contributed by atoms with Crippen molar-refractivity contribution in [2.45, 2.75) is 20.5 Å². The van der Waals surface area contributed by atoms with Crippen molar-refractivity contribution in [3.63, 3.8) is 0 Å². The van der Waals surface area contributed by atoms with Gasteiger partial charge in [0.1, 0.15) is 6.61 Å². The Labute approximate surface area is 137 Å². The number of nitrogens with zero attached hydrogens (tertiary/aromatic N) is 4. The van der Waals surface area contributed by atoms with Crippen LogP contribution in [0.2, 0.25) is 0 Å². The van der Waals surface area contributed by atoms with Crippen molar-refractivity contribution in [2.24, 2.45) is 0 Å². The minimum absolute atomic E-state index is 0.0167. The quantitative estimate of drug-likeness (QED) is 0.678. The molecule has 8 heteroatoms. The standard InChI is InChI=1S/C16H14N4O4/c1-9-5-10(2)20-16(17-9)18-14(19-20)15(21)22-7-11-3-4-12-13(6-11)24-8-23-12/h3-6H,7-8H2,1-2H3. The van der Waals surface area contributed by atoms with Crippen molar-refractivity contribution < 1.29 is 19.0 Å². The van der Waals surface area contributed by atoms with E-state index in [1.165, 1.54) is 4.52 Å². The summed E-state index contributed by atoms with van der Waals surface area (Å²) in [5.41, 5.74) is 2.45. The third-order valence-electron chi connectivity index (χ3n) is 3.61. The van der Waals surface area contributed by atoms with Gasteiger partial charge >= 0.3 is 5.97 Å². The van der Waals surface area contributed by atoms with Crippen molar-refractivity contribution in [2.75, 3.05) is 6.79 Å². The van der Waals surface area contributed by atoms with Gasteiger partial charge in [-0.15, -0.1) is 5.10 Å². The van der Waals surface area contributed by atoms with E-state index in [4.69, 9.17) is 14.2 Å². The maximum absolute atomic E-state index is 12.2. The first-order valence-corrected chi connectivity index (χ1v) is 7.37. The number of esters is 1. The SMILES string of the molecule is Cc1cc(C)n2nc(C(=O)OCc3ccc4c(c3)OCO4)nc2n1. The molecule has 24 heavy (non-hydrogen) atoms. The van der Waals surface area contributed by atoms with E-state index in [-0.39, 0.29) is 19.2 Å². The summed E-state index contributed by atoms with van der Waals surface area (Å²) in [5, 5.41) is 4.15. The van der Waals surface area contributed by atoms with Crippen LogP contribution in [0.3, 0.4) is 0 Å². The molecule has 0 spiro atoms. The number of carbonyl (C=O) groups is 1. The average molecular weight is 326 g/mol. The number of ether oxygens (including phenoxy) is 3. The summed E-state index contributed by atoms with van der Waals surface area (Å²) < 4.78 is 17.3. The molecule has 0 amide bonds. The molecule has 8 nitrogen and oxygen atoms in total. The van der Waals surface area contributed by atoms with Crippen molar-refractivity contribution in [3.8, 4) is 11.5 Å². The summed E-state index contributed by atoms with van der Waals surface area (Å²) in [6, 6.07) is 7.24. The second kappa shape index (κ2) is 5.48. The van der Waals surface area contributed by atoms with E-state index in [1.54, 1.807) is 12.1 Å². The van der Waals surface area contributed by atoms with Gasteiger partial charge in [-0.3, -0.25) is 0 Å². The van der Waals surface area contributed by atoms with E-state index in [0.29, 0.717) is 17.3 Å². The summed E-state index contributed by atoms with van der Waals surface area (Å²) in [4.78, 5) is 20.5. The molecule has 0 unspecified atom stereocenters. The summed E-state index contributed by atoms with van der Waals surface area (Å²) in [5.74, 6) is 1.09. The molecule has 0 N–H and O–H groups in total.